The van der Waals surface area contributed by atoms with E-state index in [2.05, 4.69) is 12.2 Å². The molecule has 1 saturated heterocycles. The Balaban J connectivity index is 1.94. The van der Waals surface area contributed by atoms with Gasteiger partial charge in [0.1, 0.15) is 6.07 Å². The number of amides is 1. The maximum absolute atomic E-state index is 12.8. The fraction of sp³-hybridized carbons (Fsp3) is 0.556. The van der Waals surface area contributed by atoms with Crippen molar-refractivity contribution in [3.8, 4) is 6.07 Å². The molecule has 1 heterocycles. The summed E-state index contributed by atoms with van der Waals surface area (Å²) in [6.45, 7) is 6.26. The maximum atomic E-state index is 12.8. The molecular formula is C18H27N4O3S+. The zero-order valence-electron chi connectivity index (χ0n) is 15.4. The summed E-state index contributed by atoms with van der Waals surface area (Å²) in [6.07, 6.45) is 1.97. The highest BCUT2D eigenvalue weighted by Gasteiger charge is 2.32. The Hall–Kier alpha value is -1.95. The number of hydrogen-bond donors (Lipinski definition) is 2. The average Bonchev–Trinajstić information content (AvgIpc) is 2.62. The van der Waals surface area contributed by atoms with Crippen molar-refractivity contribution in [3.63, 3.8) is 0 Å². The van der Waals surface area contributed by atoms with Gasteiger partial charge in [0, 0.05) is 6.04 Å². The molecule has 0 aliphatic carbocycles. The van der Waals surface area contributed by atoms with Crippen molar-refractivity contribution in [2.24, 2.45) is 0 Å². The second-order valence-corrected chi connectivity index (χ2v) is 8.60. The van der Waals surface area contributed by atoms with Gasteiger partial charge in [0.05, 0.1) is 36.6 Å². The van der Waals surface area contributed by atoms with Gasteiger partial charge in [0.25, 0.3) is 5.91 Å². The number of piperazine rings is 1. The van der Waals surface area contributed by atoms with Crippen LogP contribution in [0.1, 0.15) is 32.3 Å². The Morgan fingerprint density at radius 1 is 1.35 bits per heavy atom. The molecule has 1 aromatic carbocycles. The maximum Gasteiger partial charge on any atom is 0.275 e. The van der Waals surface area contributed by atoms with Gasteiger partial charge in [-0.25, -0.2) is 8.42 Å². The van der Waals surface area contributed by atoms with E-state index in [-0.39, 0.29) is 22.4 Å². The minimum absolute atomic E-state index is 0.00656. The Morgan fingerprint density at radius 3 is 2.62 bits per heavy atom. The number of rotatable bonds is 7. The molecule has 0 bridgehead atoms. The van der Waals surface area contributed by atoms with Crippen LogP contribution in [0.3, 0.4) is 0 Å². The van der Waals surface area contributed by atoms with E-state index in [0.29, 0.717) is 32.7 Å². The summed E-state index contributed by atoms with van der Waals surface area (Å²) in [4.78, 5) is 13.2. The van der Waals surface area contributed by atoms with Crippen LogP contribution < -0.4 is 10.2 Å². The van der Waals surface area contributed by atoms with E-state index in [4.69, 9.17) is 5.26 Å². The lowest BCUT2D eigenvalue weighted by atomic mass is 10.2. The summed E-state index contributed by atoms with van der Waals surface area (Å²) in [5.41, 5.74) is 0.159. The molecule has 0 unspecified atom stereocenters. The topological polar surface area (TPSA) is 94.7 Å². The summed E-state index contributed by atoms with van der Waals surface area (Å²) < 4.78 is 27.0. The number of hydrogen-bond acceptors (Lipinski definition) is 4. The number of carbonyl (C=O) groups is 1. The molecule has 1 aromatic rings. The van der Waals surface area contributed by atoms with Crippen molar-refractivity contribution in [3.05, 3.63) is 29.8 Å². The lowest BCUT2D eigenvalue weighted by molar-refractivity contribution is -0.895. The molecule has 1 atom stereocenters. The van der Waals surface area contributed by atoms with Crippen molar-refractivity contribution < 1.29 is 18.1 Å². The van der Waals surface area contributed by atoms with Crippen molar-refractivity contribution in [2.75, 3.05) is 32.7 Å². The summed E-state index contributed by atoms with van der Waals surface area (Å²) in [5, 5.41) is 12.1. The fourth-order valence-electron chi connectivity index (χ4n) is 3.20. The summed E-state index contributed by atoms with van der Waals surface area (Å²) in [7, 11) is -3.69. The van der Waals surface area contributed by atoms with Crippen molar-refractivity contribution >= 4 is 15.9 Å². The molecule has 8 heteroatoms. The molecule has 7 nitrogen and oxygen atoms in total. The number of quaternary nitrogens is 1. The largest absolute Gasteiger partial charge is 0.349 e. The average molecular weight is 380 g/mol. The van der Waals surface area contributed by atoms with Gasteiger partial charge in [-0.15, -0.1) is 0 Å². The molecule has 142 valence electrons. The molecule has 2 N–H and O–H groups in total. The Labute approximate surface area is 155 Å². The van der Waals surface area contributed by atoms with Crippen molar-refractivity contribution in [1.82, 2.24) is 9.62 Å². The summed E-state index contributed by atoms with van der Waals surface area (Å²) >= 11 is 0. The number of nitrogens with one attached hydrogen (secondary N) is 2. The highest BCUT2D eigenvalue weighted by Crippen LogP contribution is 2.19. The molecule has 0 spiro atoms. The first-order valence-corrected chi connectivity index (χ1v) is 10.4. The van der Waals surface area contributed by atoms with E-state index in [0.717, 1.165) is 17.7 Å². The van der Waals surface area contributed by atoms with E-state index in [1.807, 2.05) is 13.0 Å². The third kappa shape index (κ3) is 5.04. The van der Waals surface area contributed by atoms with Crippen molar-refractivity contribution in [1.29, 1.82) is 5.26 Å². The van der Waals surface area contributed by atoms with Crippen LogP contribution in [0.5, 0.6) is 0 Å². The number of nitriles is 1. The van der Waals surface area contributed by atoms with Gasteiger partial charge < -0.3 is 10.2 Å². The molecule has 1 amide bonds. The van der Waals surface area contributed by atoms with Crippen LogP contribution in [0.2, 0.25) is 0 Å². The minimum Gasteiger partial charge on any atom is -0.349 e. The van der Waals surface area contributed by atoms with Crippen LogP contribution in [0.15, 0.2) is 29.2 Å². The van der Waals surface area contributed by atoms with Gasteiger partial charge in [0.15, 0.2) is 6.54 Å². The Morgan fingerprint density at radius 2 is 2.00 bits per heavy atom. The fourth-order valence-corrected chi connectivity index (χ4v) is 4.78. The van der Waals surface area contributed by atoms with Gasteiger partial charge in [-0.2, -0.15) is 9.57 Å². The molecule has 0 aromatic heterocycles. The van der Waals surface area contributed by atoms with Gasteiger partial charge in [-0.05, 0) is 25.5 Å². The lowest BCUT2D eigenvalue weighted by Gasteiger charge is -2.31. The zero-order valence-corrected chi connectivity index (χ0v) is 16.2. The first-order chi connectivity index (χ1) is 12.4. The second-order valence-electron chi connectivity index (χ2n) is 6.70. The quantitative estimate of drug-likeness (QED) is 0.683. The molecule has 1 fully saturated rings. The van der Waals surface area contributed by atoms with Gasteiger partial charge in [-0.1, -0.05) is 25.5 Å². The van der Waals surface area contributed by atoms with E-state index in [9.17, 15) is 13.2 Å². The first kappa shape index (κ1) is 20.4. The van der Waals surface area contributed by atoms with Crippen LogP contribution in [0.25, 0.3) is 0 Å². The lowest BCUT2D eigenvalue weighted by Crippen LogP contribution is -3.15. The van der Waals surface area contributed by atoms with E-state index < -0.39 is 10.0 Å². The zero-order chi connectivity index (χ0) is 19.2. The minimum atomic E-state index is -3.69. The van der Waals surface area contributed by atoms with Crippen LogP contribution in [-0.2, 0) is 14.8 Å². The summed E-state index contributed by atoms with van der Waals surface area (Å²) in [6, 6.07) is 8.35. The van der Waals surface area contributed by atoms with Crippen molar-refractivity contribution in [2.45, 2.75) is 37.6 Å². The highest BCUT2D eigenvalue weighted by atomic mass is 32.2. The summed E-state index contributed by atoms with van der Waals surface area (Å²) in [5.74, 6) is 0.00656. The molecule has 0 saturated carbocycles. The van der Waals surface area contributed by atoms with Crippen LogP contribution in [0.4, 0.5) is 0 Å². The molecule has 0 radical (unpaired) electrons. The van der Waals surface area contributed by atoms with Crippen LogP contribution >= 0.6 is 0 Å². The second kappa shape index (κ2) is 9.12. The SMILES string of the molecule is CCC[C@@H](C)NC(=O)C[NH+]1CCN(S(=O)(=O)c2ccccc2C#N)CC1. The number of nitrogens with zero attached hydrogens (tertiary/aromatic N) is 2. The molecule has 1 aliphatic rings. The van der Waals surface area contributed by atoms with Gasteiger partial charge >= 0.3 is 0 Å². The standard InChI is InChI=1S/C18H26N4O3S/c1-3-6-15(2)20-18(23)14-21-9-11-22(12-10-21)26(24,25)17-8-5-4-7-16(17)13-19/h4-5,7-8,15H,3,6,9-12,14H2,1-2H3,(H,20,23)/p+1/t15-/m1/s1. The monoisotopic (exact) mass is 379 g/mol. The normalized spacial score (nSPS) is 17.4. The van der Waals surface area contributed by atoms with Gasteiger partial charge in [-0.3, -0.25) is 4.79 Å². The molecular weight excluding hydrogens is 352 g/mol. The third-order valence-electron chi connectivity index (χ3n) is 4.59. The van der Waals surface area contributed by atoms with Crippen LogP contribution in [-0.4, -0.2) is 57.4 Å². The van der Waals surface area contributed by atoms with E-state index >= 15 is 0 Å². The smallest absolute Gasteiger partial charge is 0.275 e. The van der Waals surface area contributed by atoms with Gasteiger partial charge in [0.2, 0.25) is 10.0 Å². The predicted molar refractivity (Wildman–Crippen MR) is 98.0 cm³/mol. The molecule has 26 heavy (non-hydrogen) atoms. The third-order valence-corrected chi connectivity index (χ3v) is 6.55. The number of benzene rings is 1. The molecule has 1 aliphatic heterocycles. The first-order valence-electron chi connectivity index (χ1n) is 9.00. The molecule has 2 rings (SSSR count). The number of carbonyl (C=O) groups excluding carboxylic acids is 1. The Kier molecular flexibility index (Phi) is 7.14. The Bertz CT molecular complexity index is 765. The van der Waals surface area contributed by atoms with E-state index in [1.165, 1.54) is 16.4 Å². The van der Waals surface area contributed by atoms with E-state index in [1.54, 1.807) is 12.1 Å². The highest BCUT2D eigenvalue weighted by molar-refractivity contribution is 7.89. The van der Waals surface area contributed by atoms with Crippen LogP contribution in [0, 0.1) is 11.3 Å². The predicted octanol–water partition coefficient (Wildman–Crippen LogP) is -0.248. The number of sulfonamides is 1.